The zero-order valence-electron chi connectivity index (χ0n) is 13.9. The number of fused-ring (bicyclic) bond motifs is 1. The van der Waals surface area contributed by atoms with Gasteiger partial charge in [-0.1, -0.05) is 6.07 Å². The van der Waals surface area contributed by atoms with Gasteiger partial charge in [0.15, 0.2) is 11.5 Å². The van der Waals surface area contributed by atoms with E-state index in [0.717, 1.165) is 11.6 Å². The molecule has 10 heteroatoms. The lowest BCUT2D eigenvalue weighted by atomic mass is 10.1. The molecule has 0 fully saturated rings. The highest BCUT2D eigenvalue weighted by Crippen LogP contribution is 2.33. The summed E-state index contributed by atoms with van der Waals surface area (Å²) in [6.07, 6.45) is 0.602. The molecule has 1 aliphatic heterocycles. The van der Waals surface area contributed by atoms with Gasteiger partial charge in [0.25, 0.3) is 5.69 Å². The molecule has 0 radical (unpaired) electrons. The topological polar surface area (TPSA) is 120 Å². The van der Waals surface area contributed by atoms with Gasteiger partial charge in [0.1, 0.15) is 5.69 Å². The fraction of sp³-hybridized carbons (Fsp3) is 0.250. The Morgan fingerprint density at radius 2 is 1.92 bits per heavy atom. The Bertz CT molecular complexity index is 945. The molecule has 9 nitrogen and oxygen atoms in total. The van der Waals surface area contributed by atoms with Crippen molar-refractivity contribution in [3.8, 4) is 11.5 Å². The van der Waals surface area contributed by atoms with E-state index in [1.807, 2.05) is 18.2 Å². The normalized spacial score (nSPS) is 12.8. The fourth-order valence-corrected chi connectivity index (χ4v) is 3.28. The molecule has 1 aliphatic rings. The minimum Gasteiger partial charge on any atom is -0.454 e. The Morgan fingerprint density at radius 3 is 2.65 bits per heavy atom. The van der Waals surface area contributed by atoms with Gasteiger partial charge in [-0.05, 0) is 43.3 Å². The van der Waals surface area contributed by atoms with Crippen molar-refractivity contribution in [3.63, 3.8) is 0 Å². The minimum atomic E-state index is -3.75. The van der Waals surface area contributed by atoms with E-state index >= 15 is 0 Å². The summed E-state index contributed by atoms with van der Waals surface area (Å²) < 4.78 is 36.3. The van der Waals surface area contributed by atoms with Gasteiger partial charge in [0.2, 0.25) is 16.8 Å². The van der Waals surface area contributed by atoms with Crippen LogP contribution in [-0.4, -0.2) is 33.7 Å². The summed E-state index contributed by atoms with van der Waals surface area (Å²) in [7, 11) is -2.50. The predicted octanol–water partition coefficient (Wildman–Crippen LogP) is 1.89. The van der Waals surface area contributed by atoms with Crippen molar-refractivity contribution in [2.75, 3.05) is 25.7 Å². The van der Waals surface area contributed by atoms with Crippen molar-refractivity contribution in [1.82, 2.24) is 4.72 Å². The van der Waals surface area contributed by atoms with E-state index < -0.39 is 14.9 Å². The molecule has 0 saturated carbocycles. The molecule has 1 heterocycles. The Morgan fingerprint density at radius 1 is 1.15 bits per heavy atom. The SMILES string of the molecule is CNS(=O)(=O)c1ccc(NCCc2ccc3c(c2)OCO3)c([N+](=O)[O-])c1. The van der Waals surface area contributed by atoms with Crippen LogP contribution in [0.25, 0.3) is 0 Å². The lowest BCUT2D eigenvalue weighted by molar-refractivity contribution is -0.384. The van der Waals surface area contributed by atoms with Crippen LogP contribution in [0.15, 0.2) is 41.3 Å². The summed E-state index contributed by atoms with van der Waals surface area (Å²) >= 11 is 0. The summed E-state index contributed by atoms with van der Waals surface area (Å²) in [5, 5.41) is 14.2. The Balaban J connectivity index is 1.72. The van der Waals surface area contributed by atoms with Crippen molar-refractivity contribution < 1.29 is 22.8 Å². The van der Waals surface area contributed by atoms with Gasteiger partial charge < -0.3 is 14.8 Å². The van der Waals surface area contributed by atoms with Crippen LogP contribution >= 0.6 is 0 Å². The maximum Gasteiger partial charge on any atom is 0.293 e. The first kappa shape index (κ1) is 18.0. The Kier molecular flexibility index (Phi) is 4.96. The average Bonchev–Trinajstić information content (AvgIpc) is 3.09. The van der Waals surface area contributed by atoms with Gasteiger partial charge >= 0.3 is 0 Å². The fourth-order valence-electron chi connectivity index (χ4n) is 2.53. The van der Waals surface area contributed by atoms with Gasteiger partial charge in [-0.2, -0.15) is 0 Å². The summed E-state index contributed by atoms with van der Waals surface area (Å²) in [4.78, 5) is 10.5. The molecular weight excluding hydrogens is 362 g/mol. The summed E-state index contributed by atoms with van der Waals surface area (Å²) in [5.74, 6) is 1.37. The van der Waals surface area contributed by atoms with Gasteiger partial charge in [0.05, 0.1) is 9.82 Å². The predicted molar refractivity (Wildman–Crippen MR) is 94.1 cm³/mol. The number of nitrogens with zero attached hydrogens (tertiary/aromatic N) is 1. The van der Waals surface area contributed by atoms with Crippen molar-refractivity contribution in [1.29, 1.82) is 0 Å². The molecule has 0 amide bonds. The number of nitro benzene ring substituents is 1. The number of hydrogen-bond acceptors (Lipinski definition) is 7. The maximum absolute atomic E-state index is 11.8. The smallest absolute Gasteiger partial charge is 0.293 e. The van der Waals surface area contributed by atoms with Crippen molar-refractivity contribution in [3.05, 3.63) is 52.1 Å². The molecule has 2 aromatic rings. The van der Waals surface area contributed by atoms with Crippen molar-refractivity contribution in [2.45, 2.75) is 11.3 Å². The number of anilines is 1. The number of nitrogens with one attached hydrogen (secondary N) is 2. The molecule has 138 valence electrons. The molecule has 26 heavy (non-hydrogen) atoms. The first-order chi connectivity index (χ1) is 12.4. The number of rotatable bonds is 7. The summed E-state index contributed by atoms with van der Waals surface area (Å²) in [5.41, 5.74) is 0.941. The summed E-state index contributed by atoms with van der Waals surface area (Å²) in [6.45, 7) is 0.629. The van der Waals surface area contributed by atoms with Crippen LogP contribution in [-0.2, 0) is 16.4 Å². The lowest BCUT2D eigenvalue weighted by Gasteiger charge is -2.09. The third-order valence-corrected chi connectivity index (χ3v) is 5.32. The van der Waals surface area contributed by atoms with Crippen molar-refractivity contribution >= 4 is 21.4 Å². The lowest BCUT2D eigenvalue weighted by Crippen LogP contribution is -2.19. The standard InChI is InChI=1S/C16H17N3O6S/c1-17-26(22,23)12-3-4-13(14(9-12)19(20)21)18-7-6-11-2-5-15-16(8-11)25-10-24-15/h2-5,8-9,17-18H,6-7,10H2,1H3. The second-order valence-corrected chi connectivity index (χ2v) is 7.39. The number of ether oxygens (including phenoxy) is 2. The van der Waals surface area contributed by atoms with Crippen LogP contribution in [0.4, 0.5) is 11.4 Å². The molecule has 0 unspecified atom stereocenters. The van der Waals surface area contributed by atoms with Gasteiger partial charge in [-0.25, -0.2) is 13.1 Å². The zero-order chi connectivity index (χ0) is 18.7. The maximum atomic E-state index is 11.8. The second-order valence-electron chi connectivity index (χ2n) is 5.51. The van der Waals surface area contributed by atoms with E-state index in [1.165, 1.54) is 19.2 Å². The molecule has 3 rings (SSSR count). The Labute approximate surface area is 150 Å². The number of benzene rings is 2. The van der Waals surface area contributed by atoms with Crippen LogP contribution in [0.2, 0.25) is 0 Å². The largest absolute Gasteiger partial charge is 0.454 e. The van der Waals surface area contributed by atoms with E-state index in [1.54, 1.807) is 0 Å². The molecule has 0 aliphatic carbocycles. The molecule has 0 bridgehead atoms. The second kappa shape index (κ2) is 7.18. The third-order valence-electron chi connectivity index (χ3n) is 3.91. The van der Waals surface area contributed by atoms with E-state index in [-0.39, 0.29) is 23.1 Å². The minimum absolute atomic E-state index is 0.159. The first-order valence-electron chi connectivity index (χ1n) is 7.75. The average molecular weight is 379 g/mol. The molecule has 2 aromatic carbocycles. The van der Waals surface area contributed by atoms with E-state index in [4.69, 9.17) is 9.47 Å². The number of sulfonamides is 1. The van der Waals surface area contributed by atoms with E-state index in [0.29, 0.717) is 24.5 Å². The summed E-state index contributed by atoms with van der Waals surface area (Å²) in [6, 6.07) is 9.32. The molecule has 0 saturated heterocycles. The first-order valence-corrected chi connectivity index (χ1v) is 9.23. The highest BCUT2D eigenvalue weighted by Gasteiger charge is 2.20. The molecule has 0 spiro atoms. The van der Waals surface area contributed by atoms with Crippen LogP contribution < -0.4 is 19.5 Å². The van der Waals surface area contributed by atoms with Crippen LogP contribution in [0.5, 0.6) is 11.5 Å². The molecule has 2 N–H and O–H groups in total. The highest BCUT2D eigenvalue weighted by molar-refractivity contribution is 7.89. The zero-order valence-corrected chi connectivity index (χ0v) is 14.7. The van der Waals surface area contributed by atoms with Gasteiger partial charge in [-0.15, -0.1) is 0 Å². The molecular formula is C16H17N3O6S. The number of nitro groups is 1. The van der Waals surface area contributed by atoms with E-state index in [9.17, 15) is 18.5 Å². The Hall–Kier alpha value is -2.85. The van der Waals surface area contributed by atoms with Gasteiger partial charge in [-0.3, -0.25) is 10.1 Å². The number of hydrogen-bond donors (Lipinski definition) is 2. The highest BCUT2D eigenvalue weighted by atomic mass is 32.2. The van der Waals surface area contributed by atoms with Crippen LogP contribution in [0, 0.1) is 10.1 Å². The monoisotopic (exact) mass is 379 g/mol. The third kappa shape index (κ3) is 3.70. The quantitative estimate of drug-likeness (QED) is 0.557. The molecule has 0 atom stereocenters. The van der Waals surface area contributed by atoms with Gasteiger partial charge in [0, 0.05) is 12.6 Å². The molecule has 0 aromatic heterocycles. The van der Waals surface area contributed by atoms with Crippen molar-refractivity contribution in [2.24, 2.45) is 0 Å². The van der Waals surface area contributed by atoms with E-state index in [2.05, 4.69) is 10.0 Å². The van der Waals surface area contributed by atoms with Crippen LogP contribution in [0.1, 0.15) is 5.56 Å². The van der Waals surface area contributed by atoms with Crippen LogP contribution in [0.3, 0.4) is 0 Å².